The zero-order valence-corrected chi connectivity index (χ0v) is 23.3. The van der Waals surface area contributed by atoms with E-state index in [1.165, 1.54) is 27.9 Å². The quantitative estimate of drug-likeness (QED) is 0.399. The summed E-state index contributed by atoms with van der Waals surface area (Å²) in [5.41, 5.74) is 9.04. The Morgan fingerprint density at radius 1 is 0.667 bits per heavy atom. The molecule has 2 rings (SSSR count). The number of hydrogen-bond donors (Lipinski definition) is 1. The van der Waals surface area contributed by atoms with Gasteiger partial charge in [0.05, 0.1) is 11.7 Å². The molecule has 182 valence electrons. The maximum absolute atomic E-state index is 5.37. The average molecular weight is 449 g/mol. The Labute approximate surface area is 204 Å². The maximum atomic E-state index is 5.37. The van der Waals surface area contributed by atoms with Gasteiger partial charge in [-0.1, -0.05) is 113 Å². The molecular weight excluding hydrogens is 400 g/mol. The number of aliphatic imine (C=N–C) groups is 1. The van der Waals surface area contributed by atoms with E-state index >= 15 is 0 Å². The number of anilines is 1. The Balaban J connectivity index is 2.68. The first kappa shape index (κ1) is 27.2. The zero-order chi connectivity index (χ0) is 25.1. The Morgan fingerprint density at radius 2 is 1.03 bits per heavy atom. The van der Waals surface area contributed by atoms with Crippen molar-refractivity contribution in [3.63, 3.8) is 0 Å². The van der Waals surface area contributed by atoms with Gasteiger partial charge in [0.1, 0.15) is 0 Å². The lowest BCUT2D eigenvalue weighted by Gasteiger charge is -2.35. The summed E-state index contributed by atoms with van der Waals surface area (Å²) in [7, 11) is 0. The molecule has 0 bridgehead atoms. The predicted molar refractivity (Wildman–Crippen MR) is 149 cm³/mol. The Hall–Kier alpha value is -2.09. The van der Waals surface area contributed by atoms with Crippen LogP contribution in [0.3, 0.4) is 0 Å². The second-order valence-electron chi connectivity index (χ2n) is 11.9. The summed E-state index contributed by atoms with van der Waals surface area (Å²) in [6.45, 7) is 27.3. The number of hydrogen-bond acceptors (Lipinski definition) is 2. The van der Waals surface area contributed by atoms with E-state index in [-0.39, 0.29) is 11.5 Å². The summed E-state index contributed by atoms with van der Waals surface area (Å²) in [4.78, 5) is 5.37. The zero-order valence-electron chi connectivity index (χ0n) is 23.3. The van der Waals surface area contributed by atoms with E-state index in [9.17, 15) is 0 Å². The highest BCUT2D eigenvalue weighted by atomic mass is 15.0. The molecule has 0 aliphatic rings. The summed E-state index contributed by atoms with van der Waals surface area (Å²) in [6, 6.07) is 13.5. The van der Waals surface area contributed by atoms with Crippen LogP contribution in [0.1, 0.15) is 129 Å². The minimum atomic E-state index is 0.0106. The van der Waals surface area contributed by atoms with Crippen LogP contribution in [-0.2, 0) is 0 Å². The van der Waals surface area contributed by atoms with Crippen LogP contribution in [0.15, 0.2) is 41.4 Å². The first-order chi connectivity index (χ1) is 15.3. The first-order valence-corrected chi connectivity index (χ1v) is 12.8. The van der Waals surface area contributed by atoms with Gasteiger partial charge in [-0.05, 0) is 58.3 Å². The molecule has 2 aromatic carbocycles. The minimum Gasteiger partial charge on any atom is -0.376 e. The van der Waals surface area contributed by atoms with E-state index < -0.39 is 0 Å². The molecule has 0 aliphatic heterocycles. The van der Waals surface area contributed by atoms with E-state index in [1.54, 1.807) is 0 Å². The van der Waals surface area contributed by atoms with Crippen LogP contribution in [-0.4, -0.2) is 11.8 Å². The van der Waals surface area contributed by atoms with Gasteiger partial charge >= 0.3 is 0 Å². The Bertz CT molecular complexity index is 903. The van der Waals surface area contributed by atoms with E-state index in [4.69, 9.17) is 4.99 Å². The molecule has 1 atom stereocenters. The second kappa shape index (κ2) is 10.9. The third-order valence-corrected chi connectivity index (χ3v) is 6.58. The van der Waals surface area contributed by atoms with Crippen LogP contribution in [0.4, 0.5) is 11.4 Å². The minimum absolute atomic E-state index is 0.0106. The molecule has 2 aromatic rings. The van der Waals surface area contributed by atoms with Gasteiger partial charge in [-0.15, -0.1) is 0 Å². The highest BCUT2D eigenvalue weighted by molar-refractivity contribution is 5.93. The SMILES string of the molecule is CC(=Nc1c(C(C)C)cccc1C(C)C)C(Nc1c(C(C)C)cccc1C(C)C)C(C)(C)C. The Kier molecular flexibility index (Phi) is 8.96. The molecule has 0 aromatic heterocycles. The molecule has 33 heavy (non-hydrogen) atoms. The van der Waals surface area contributed by atoms with Gasteiger partial charge < -0.3 is 5.32 Å². The molecule has 0 amide bonds. The summed E-state index contributed by atoms with van der Waals surface area (Å²) < 4.78 is 0. The van der Waals surface area contributed by atoms with Crippen molar-refractivity contribution >= 4 is 17.1 Å². The van der Waals surface area contributed by atoms with Crippen molar-refractivity contribution < 1.29 is 0 Å². The van der Waals surface area contributed by atoms with E-state index in [2.05, 4.69) is 125 Å². The lowest BCUT2D eigenvalue weighted by molar-refractivity contribution is 0.398. The fourth-order valence-electron chi connectivity index (χ4n) is 4.69. The van der Waals surface area contributed by atoms with E-state index in [0.29, 0.717) is 23.7 Å². The third-order valence-electron chi connectivity index (χ3n) is 6.58. The van der Waals surface area contributed by atoms with Gasteiger partial charge in [-0.2, -0.15) is 0 Å². The molecule has 0 saturated carbocycles. The van der Waals surface area contributed by atoms with E-state index in [0.717, 1.165) is 11.4 Å². The summed E-state index contributed by atoms with van der Waals surface area (Å²) in [5.74, 6) is 1.78. The molecule has 2 nitrogen and oxygen atoms in total. The molecule has 0 radical (unpaired) electrons. The lowest BCUT2D eigenvalue weighted by Crippen LogP contribution is -2.40. The van der Waals surface area contributed by atoms with Crippen molar-refractivity contribution in [1.29, 1.82) is 0 Å². The van der Waals surface area contributed by atoms with Crippen LogP contribution < -0.4 is 5.32 Å². The van der Waals surface area contributed by atoms with Gasteiger partial charge in [-0.3, -0.25) is 4.99 Å². The summed E-state index contributed by atoms with van der Waals surface area (Å²) in [6.07, 6.45) is 0. The largest absolute Gasteiger partial charge is 0.376 e. The van der Waals surface area contributed by atoms with Crippen molar-refractivity contribution in [2.75, 3.05) is 5.32 Å². The molecule has 0 aliphatic carbocycles. The summed E-state index contributed by atoms with van der Waals surface area (Å²) >= 11 is 0. The van der Waals surface area contributed by atoms with Crippen LogP contribution in [0, 0.1) is 5.41 Å². The topological polar surface area (TPSA) is 24.4 Å². The molecule has 1 N–H and O–H groups in total. The standard InChI is InChI=1S/C31H48N2/c1-19(2)24-15-13-16-25(20(3)4)28(24)32-23(9)30(31(10,11)12)33-29-26(21(5)6)17-14-18-27(29)22(7)8/h13-22,30,33H,1-12H3. The monoisotopic (exact) mass is 448 g/mol. The second-order valence-corrected chi connectivity index (χ2v) is 11.9. The molecular formula is C31H48N2. The van der Waals surface area contributed by atoms with Crippen LogP contribution in [0.5, 0.6) is 0 Å². The number of nitrogens with zero attached hydrogens (tertiary/aromatic N) is 1. The van der Waals surface area contributed by atoms with Crippen molar-refractivity contribution in [3.8, 4) is 0 Å². The predicted octanol–water partition coefficient (Wildman–Crippen LogP) is 9.80. The molecule has 2 heteroatoms. The number of para-hydroxylation sites is 2. The Morgan fingerprint density at radius 3 is 1.36 bits per heavy atom. The summed E-state index contributed by atoms with van der Waals surface area (Å²) in [5, 5.41) is 4.01. The highest BCUT2D eigenvalue weighted by Crippen LogP contribution is 2.38. The fraction of sp³-hybridized carbons (Fsp3) is 0.581. The highest BCUT2D eigenvalue weighted by Gasteiger charge is 2.30. The molecule has 0 fully saturated rings. The van der Waals surface area contributed by atoms with Gasteiger partial charge in [0.25, 0.3) is 0 Å². The lowest BCUT2D eigenvalue weighted by atomic mass is 9.82. The molecule has 0 heterocycles. The number of rotatable bonds is 8. The average Bonchev–Trinajstić information content (AvgIpc) is 2.70. The number of benzene rings is 2. The smallest absolute Gasteiger partial charge is 0.0698 e. The normalized spacial score (nSPS) is 14.0. The van der Waals surface area contributed by atoms with Crippen molar-refractivity contribution in [2.45, 2.75) is 113 Å². The molecule has 0 spiro atoms. The van der Waals surface area contributed by atoms with Crippen LogP contribution >= 0.6 is 0 Å². The maximum Gasteiger partial charge on any atom is 0.0698 e. The van der Waals surface area contributed by atoms with Crippen molar-refractivity contribution in [3.05, 3.63) is 58.7 Å². The van der Waals surface area contributed by atoms with Crippen molar-refractivity contribution in [1.82, 2.24) is 0 Å². The number of nitrogens with one attached hydrogen (secondary N) is 1. The third kappa shape index (κ3) is 6.49. The van der Waals surface area contributed by atoms with Crippen molar-refractivity contribution in [2.24, 2.45) is 10.4 Å². The molecule has 1 unspecified atom stereocenters. The van der Waals surface area contributed by atoms with Gasteiger partial charge in [0.15, 0.2) is 0 Å². The van der Waals surface area contributed by atoms with Crippen LogP contribution in [0.25, 0.3) is 0 Å². The van der Waals surface area contributed by atoms with Gasteiger partial charge in [0.2, 0.25) is 0 Å². The van der Waals surface area contributed by atoms with Gasteiger partial charge in [-0.25, -0.2) is 0 Å². The van der Waals surface area contributed by atoms with E-state index in [1.807, 2.05) is 0 Å². The first-order valence-electron chi connectivity index (χ1n) is 12.8. The molecule has 0 saturated heterocycles. The fourth-order valence-corrected chi connectivity index (χ4v) is 4.69. The van der Waals surface area contributed by atoms with Gasteiger partial charge in [0, 0.05) is 11.4 Å². The van der Waals surface area contributed by atoms with Crippen LogP contribution in [0.2, 0.25) is 0 Å².